The molecule has 1 atom stereocenters. The molecule has 2 aromatic carbocycles. The lowest BCUT2D eigenvalue weighted by Gasteiger charge is -2.14. The van der Waals surface area contributed by atoms with Crippen LogP contribution in [0.1, 0.15) is 22.1 Å². The number of aryl methyl sites for hydroxylation is 1. The predicted octanol–water partition coefficient (Wildman–Crippen LogP) is 5.24. The lowest BCUT2D eigenvalue weighted by atomic mass is 10.0. The van der Waals surface area contributed by atoms with Gasteiger partial charge in [-0.1, -0.05) is 48.0 Å². The van der Waals surface area contributed by atoms with E-state index in [1.165, 1.54) is 21.6 Å². The highest BCUT2D eigenvalue weighted by atomic mass is 35.5. The van der Waals surface area contributed by atoms with Crippen molar-refractivity contribution in [3.63, 3.8) is 0 Å². The van der Waals surface area contributed by atoms with Gasteiger partial charge in [-0.05, 0) is 36.8 Å². The SMILES string of the molecule is CSc1ccccc1C(Cl)Cc1cccc(C)c1. The number of rotatable bonds is 4. The zero-order chi connectivity index (χ0) is 13.0. The monoisotopic (exact) mass is 276 g/mol. The molecule has 0 aliphatic rings. The van der Waals surface area contributed by atoms with Crippen LogP contribution in [0.5, 0.6) is 0 Å². The number of hydrogen-bond donors (Lipinski definition) is 0. The number of halogens is 1. The molecule has 0 fully saturated rings. The molecule has 2 aromatic rings. The van der Waals surface area contributed by atoms with E-state index in [2.05, 4.69) is 61.7 Å². The third kappa shape index (κ3) is 3.30. The molecule has 2 heteroatoms. The van der Waals surface area contributed by atoms with Crippen molar-refractivity contribution in [1.29, 1.82) is 0 Å². The van der Waals surface area contributed by atoms with Crippen molar-refractivity contribution in [1.82, 2.24) is 0 Å². The van der Waals surface area contributed by atoms with E-state index in [0.29, 0.717) is 0 Å². The number of alkyl halides is 1. The molecule has 0 aliphatic carbocycles. The third-order valence-electron chi connectivity index (χ3n) is 2.97. The van der Waals surface area contributed by atoms with Crippen molar-refractivity contribution in [2.24, 2.45) is 0 Å². The molecule has 0 bridgehead atoms. The summed E-state index contributed by atoms with van der Waals surface area (Å²) >= 11 is 8.32. The van der Waals surface area contributed by atoms with E-state index in [1.54, 1.807) is 11.8 Å². The quantitative estimate of drug-likeness (QED) is 0.544. The highest BCUT2D eigenvalue weighted by Crippen LogP contribution is 2.32. The van der Waals surface area contributed by atoms with Crippen molar-refractivity contribution in [2.45, 2.75) is 23.6 Å². The Morgan fingerprint density at radius 3 is 2.61 bits per heavy atom. The largest absolute Gasteiger partial charge is 0.129 e. The van der Waals surface area contributed by atoms with Crippen LogP contribution in [0, 0.1) is 6.92 Å². The molecule has 18 heavy (non-hydrogen) atoms. The van der Waals surface area contributed by atoms with E-state index in [9.17, 15) is 0 Å². The molecule has 0 aromatic heterocycles. The van der Waals surface area contributed by atoms with E-state index in [-0.39, 0.29) is 5.38 Å². The number of benzene rings is 2. The molecule has 0 amide bonds. The predicted molar refractivity (Wildman–Crippen MR) is 81.7 cm³/mol. The van der Waals surface area contributed by atoms with Gasteiger partial charge in [0.2, 0.25) is 0 Å². The molecule has 0 saturated carbocycles. The van der Waals surface area contributed by atoms with Gasteiger partial charge in [0, 0.05) is 4.90 Å². The summed E-state index contributed by atoms with van der Waals surface area (Å²) in [5, 5.41) is 0.0375. The molecule has 0 aliphatic heterocycles. The minimum absolute atomic E-state index is 0.0375. The minimum Gasteiger partial charge on any atom is -0.129 e. The zero-order valence-electron chi connectivity index (χ0n) is 10.7. The van der Waals surface area contributed by atoms with E-state index in [0.717, 1.165) is 6.42 Å². The second kappa shape index (κ2) is 6.31. The maximum absolute atomic E-state index is 6.56. The summed E-state index contributed by atoms with van der Waals surface area (Å²) in [5.74, 6) is 0. The molecule has 0 nitrogen and oxygen atoms in total. The van der Waals surface area contributed by atoms with Gasteiger partial charge in [-0.15, -0.1) is 23.4 Å². The molecule has 0 saturated heterocycles. The number of thioether (sulfide) groups is 1. The van der Waals surface area contributed by atoms with Crippen LogP contribution in [0.25, 0.3) is 0 Å². The van der Waals surface area contributed by atoms with Crippen molar-refractivity contribution in [3.05, 3.63) is 65.2 Å². The average molecular weight is 277 g/mol. The second-order valence-electron chi connectivity index (χ2n) is 4.40. The van der Waals surface area contributed by atoms with E-state index in [4.69, 9.17) is 11.6 Å². The first-order valence-electron chi connectivity index (χ1n) is 6.03. The van der Waals surface area contributed by atoms with Crippen LogP contribution in [-0.4, -0.2) is 6.26 Å². The molecule has 0 N–H and O–H groups in total. The topological polar surface area (TPSA) is 0 Å². The maximum atomic E-state index is 6.56. The first kappa shape index (κ1) is 13.5. The van der Waals surface area contributed by atoms with Gasteiger partial charge in [0.25, 0.3) is 0 Å². The second-order valence-corrected chi connectivity index (χ2v) is 5.78. The van der Waals surface area contributed by atoms with Gasteiger partial charge in [-0.3, -0.25) is 0 Å². The average Bonchev–Trinajstić information content (AvgIpc) is 2.38. The van der Waals surface area contributed by atoms with Crippen molar-refractivity contribution < 1.29 is 0 Å². The number of hydrogen-bond acceptors (Lipinski definition) is 1. The Bertz CT molecular complexity index is 522. The smallest absolute Gasteiger partial charge is 0.0636 e. The van der Waals surface area contributed by atoms with Gasteiger partial charge in [-0.25, -0.2) is 0 Å². The maximum Gasteiger partial charge on any atom is 0.0636 e. The van der Waals surface area contributed by atoms with E-state index in [1.807, 2.05) is 0 Å². The van der Waals surface area contributed by atoms with Gasteiger partial charge < -0.3 is 0 Å². The molecule has 0 radical (unpaired) electrons. The Morgan fingerprint density at radius 2 is 1.89 bits per heavy atom. The molecule has 0 spiro atoms. The highest BCUT2D eigenvalue weighted by Gasteiger charge is 2.12. The lowest BCUT2D eigenvalue weighted by molar-refractivity contribution is 0.896. The normalized spacial score (nSPS) is 12.4. The Labute approximate surface area is 118 Å². The van der Waals surface area contributed by atoms with E-state index >= 15 is 0 Å². The van der Waals surface area contributed by atoms with Gasteiger partial charge in [0.15, 0.2) is 0 Å². The van der Waals surface area contributed by atoms with Gasteiger partial charge in [0.1, 0.15) is 0 Å². The van der Waals surface area contributed by atoms with Crippen LogP contribution in [0.4, 0.5) is 0 Å². The minimum atomic E-state index is 0.0375. The van der Waals surface area contributed by atoms with E-state index < -0.39 is 0 Å². The fraction of sp³-hybridized carbons (Fsp3) is 0.250. The van der Waals surface area contributed by atoms with Crippen LogP contribution < -0.4 is 0 Å². The summed E-state index contributed by atoms with van der Waals surface area (Å²) in [6.45, 7) is 2.11. The first-order valence-corrected chi connectivity index (χ1v) is 7.69. The Kier molecular flexibility index (Phi) is 4.73. The highest BCUT2D eigenvalue weighted by molar-refractivity contribution is 7.98. The lowest BCUT2D eigenvalue weighted by Crippen LogP contribution is -1.98. The summed E-state index contributed by atoms with van der Waals surface area (Å²) in [7, 11) is 0. The van der Waals surface area contributed by atoms with Gasteiger partial charge >= 0.3 is 0 Å². The zero-order valence-corrected chi connectivity index (χ0v) is 12.3. The molecule has 2 rings (SSSR count). The van der Waals surface area contributed by atoms with Crippen LogP contribution in [0.3, 0.4) is 0 Å². The molecular formula is C16H17ClS. The van der Waals surface area contributed by atoms with Gasteiger partial charge in [0.05, 0.1) is 5.38 Å². The molecule has 0 heterocycles. The summed E-state index contributed by atoms with van der Waals surface area (Å²) in [6.07, 6.45) is 2.97. The first-order chi connectivity index (χ1) is 8.70. The molecule has 94 valence electrons. The molecular weight excluding hydrogens is 260 g/mol. The fourth-order valence-electron chi connectivity index (χ4n) is 2.08. The standard InChI is InChI=1S/C16H17ClS/c1-12-6-5-7-13(10-12)11-15(17)14-8-3-4-9-16(14)18-2/h3-10,15H,11H2,1-2H3. The fourth-order valence-corrected chi connectivity index (χ4v) is 3.18. The van der Waals surface area contributed by atoms with Crippen molar-refractivity contribution in [2.75, 3.05) is 6.26 Å². The van der Waals surface area contributed by atoms with Gasteiger partial charge in [-0.2, -0.15) is 0 Å². The Morgan fingerprint density at radius 1 is 1.11 bits per heavy atom. The Balaban J connectivity index is 2.19. The Hall–Kier alpha value is -0.920. The summed E-state index contributed by atoms with van der Waals surface area (Å²) in [6, 6.07) is 16.9. The van der Waals surface area contributed by atoms with Crippen LogP contribution in [-0.2, 0) is 6.42 Å². The third-order valence-corrected chi connectivity index (χ3v) is 4.17. The van der Waals surface area contributed by atoms with Crippen LogP contribution >= 0.6 is 23.4 Å². The summed E-state index contributed by atoms with van der Waals surface area (Å²) < 4.78 is 0. The van der Waals surface area contributed by atoms with Crippen LogP contribution in [0.15, 0.2) is 53.4 Å². The summed E-state index contributed by atoms with van der Waals surface area (Å²) in [4.78, 5) is 1.27. The molecule has 1 unspecified atom stereocenters. The van der Waals surface area contributed by atoms with Crippen molar-refractivity contribution >= 4 is 23.4 Å². The summed E-state index contributed by atoms with van der Waals surface area (Å²) in [5.41, 5.74) is 3.81. The van der Waals surface area contributed by atoms with Crippen LogP contribution in [0.2, 0.25) is 0 Å². The van der Waals surface area contributed by atoms with Crippen molar-refractivity contribution in [3.8, 4) is 0 Å².